The van der Waals surface area contributed by atoms with Crippen molar-refractivity contribution in [2.75, 3.05) is 25.0 Å². The van der Waals surface area contributed by atoms with E-state index in [2.05, 4.69) is 17.2 Å². The van der Waals surface area contributed by atoms with E-state index in [1.807, 2.05) is 29.2 Å². The fraction of sp³-hybridized carbons (Fsp3) is 0.438. The van der Waals surface area contributed by atoms with Crippen LogP contribution >= 0.6 is 0 Å². The van der Waals surface area contributed by atoms with Gasteiger partial charge in [0.1, 0.15) is 6.61 Å². The molecular formula is C16H20N2O2. The van der Waals surface area contributed by atoms with E-state index in [-0.39, 0.29) is 12.6 Å². The van der Waals surface area contributed by atoms with Crippen molar-refractivity contribution in [3.05, 3.63) is 29.8 Å². The summed E-state index contributed by atoms with van der Waals surface area (Å²) in [6.45, 7) is 1.45. The van der Waals surface area contributed by atoms with Gasteiger partial charge < -0.3 is 15.3 Å². The van der Waals surface area contributed by atoms with E-state index in [0.717, 1.165) is 31.5 Å². The molecule has 1 aliphatic heterocycles. The maximum Gasteiger partial charge on any atom is 0.321 e. The summed E-state index contributed by atoms with van der Waals surface area (Å²) < 4.78 is 0. The van der Waals surface area contributed by atoms with Crippen molar-refractivity contribution in [3.63, 3.8) is 0 Å². The number of rotatable bonds is 1. The minimum atomic E-state index is -0.186. The van der Waals surface area contributed by atoms with Gasteiger partial charge in [0.05, 0.1) is 5.69 Å². The van der Waals surface area contributed by atoms with Gasteiger partial charge in [-0.1, -0.05) is 36.8 Å². The molecule has 0 saturated carbocycles. The van der Waals surface area contributed by atoms with E-state index in [1.54, 1.807) is 0 Å². The molecule has 2 N–H and O–H groups in total. The van der Waals surface area contributed by atoms with E-state index >= 15 is 0 Å². The molecule has 0 unspecified atom stereocenters. The number of para-hydroxylation sites is 1. The quantitative estimate of drug-likeness (QED) is 0.771. The summed E-state index contributed by atoms with van der Waals surface area (Å²) in [7, 11) is 0. The molecule has 0 bridgehead atoms. The van der Waals surface area contributed by atoms with Gasteiger partial charge in [-0.15, -0.1) is 0 Å². The van der Waals surface area contributed by atoms with Crippen molar-refractivity contribution >= 4 is 11.7 Å². The largest absolute Gasteiger partial charge is 0.384 e. The number of hydrogen-bond acceptors (Lipinski definition) is 2. The lowest BCUT2D eigenvalue weighted by Gasteiger charge is -2.21. The van der Waals surface area contributed by atoms with Crippen LogP contribution < -0.4 is 5.32 Å². The van der Waals surface area contributed by atoms with Gasteiger partial charge in [0.2, 0.25) is 0 Å². The Hall–Kier alpha value is -1.99. The van der Waals surface area contributed by atoms with Crippen LogP contribution in [0.25, 0.3) is 0 Å². The van der Waals surface area contributed by atoms with Crippen LogP contribution in [0.5, 0.6) is 0 Å². The number of likely N-dealkylation sites (tertiary alicyclic amines) is 1. The lowest BCUT2D eigenvalue weighted by atomic mass is 10.2. The molecule has 1 fully saturated rings. The molecule has 106 valence electrons. The van der Waals surface area contributed by atoms with Crippen LogP contribution in [0.1, 0.15) is 31.2 Å². The van der Waals surface area contributed by atoms with E-state index in [4.69, 9.17) is 5.11 Å². The number of nitrogens with zero attached hydrogens (tertiary/aromatic N) is 1. The van der Waals surface area contributed by atoms with Crippen molar-refractivity contribution in [1.82, 2.24) is 4.90 Å². The summed E-state index contributed by atoms with van der Waals surface area (Å²) in [4.78, 5) is 14.1. The van der Waals surface area contributed by atoms with Crippen molar-refractivity contribution in [2.24, 2.45) is 0 Å². The number of urea groups is 1. The molecule has 1 aliphatic rings. The summed E-state index contributed by atoms with van der Waals surface area (Å²) in [6.07, 6.45) is 4.53. The monoisotopic (exact) mass is 272 g/mol. The average Bonchev–Trinajstić information content (AvgIpc) is 2.75. The van der Waals surface area contributed by atoms with Crippen LogP contribution in [0.15, 0.2) is 24.3 Å². The molecule has 0 spiro atoms. The Morgan fingerprint density at radius 3 is 2.60 bits per heavy atom. The van der Waals surface area contributed by atoms with E-state index in [9.17, 15) is 4.79 Å². The maximum absolute atomic E-state index is 12.3. The molecule has 1 aromatic rings. The summed E-state index contributed by atoms with van der Waals surface area (Å²) in [5.74, 6) is 5.46. The zero-order valence-corrected chi connectivity index (χ0v) is 11.6. The molecule has 1 saturated heterocycles. The Morgan fingerprint density at radius 2 is 1.90 bits per heavy atom. The zero-order valence-electron chi connectivity index (χ0n) is 11.6. The van der Waals surface area contributed by atoms with Crippen LogP contribution in [0.4, 0.5) is 10.5 Å². The van der Waals surface area contributed by atoms with Crippen molar-refractivity contribution in [1.29, 1.82) is 0 Å². The fourth-order valence-corrected chi connectivity index (χ4v) is 2.30. The lowest BCUT2D eigenvalue weighted by Crippen LogP contribution is -2.35. The molecular weight excluding hydrogens is 252 g/mol. The standard InChI is InChI=1S/C16H20N2O2/c19-13-7-9-14-8-3-4-10-15(14)17-16(20)18-11-5-1-2-6-12-18/h3-4,8,10,19H,1-2,5-6,11-13H2,(H,17,20). The van der Waals surface area contributed by atoms with Crippen LogP contribution in [-0.4, -0.2) is 35.7 Å². The van der Waals surface area contributed by atoms with Gasteiger partial charge in [-0.05, 0) is 25.0 Å². The highest BCUT2D eigenvalue weighted by Gasteiger charge is 2.16. The molecule has 4 heteroatoms. The third kappa shape index (κ3) is 4.01. The molecule has 4 nitrogen and oxygen atoms in total. The van der Waals surface area contributed by atoms with Gasteiger partial charge in [0.15, 0.2) is 0 Å². The zero-order chi connectivity index (χ0) is 14.2. The predicted molar refractivity (Wildman–Crippen MR) is 79.5 cm³/mol. The Balaban J connectivity index is 2.06. The number of amides is 2. The molecule has 2 amide bonds. The summed E-state index contributed by atoms with van der Waals surface area (Å²) in [6, 6.07) is 7.33. The van der Waals surface area contributed by atoms with E-state index in [0.29, 0.717) is 5.69 Å². The van der Waals surface area contributed by atoms with Gasteiger partial charge in [0.25, 0.3) is 0 Å². The second-order valence-corrected chi connectivity index (χ2v) is 4.84. The van der Waals surface area contributed by atoms with Crippen molar-refractivity contribution < 1.29 is 9.90 Å². The van der Waals surface area contributed by atoms with Crippen LogP contribution in [0, 0.1) is 11.8 Å². The van der Waals surface area contributed by atoms with Crippen LogP contribution in [0.3, 0.4) is 0 Å². The Morgan fingerprint density at radius 1 is 1.20 bits per heavy atom. The highest BCUT2D eigenvalue weighted by Crippen LogP contribution is 2.16. The predicted octanol–water partition coefficient (Wildman–Crippen LogP) is 2.44. The number of aliphatic hydroxyl groups is 1. The summed E-state index contributed by atoms with van der Waals surface area (Å²) in [5.41, 5.74) is 1.42. The van der Waals surface area contributed by atoms with Gasteiger partial charge in [-0.2, -0.15) is 0 Å². The highest BCUT2D eigenvalue weighted by molar-refractivity contribution is 5.90. The summed E-state index contributed by atoms with van der Waals surface area (Å²) >= 11 is 0. The SMILES string of the molecule is O=C(Nc1ccccc1C#CCO)N1CCCCCC1. The average molecular weight is 272 g/mol. The number of hydrogen-bond donors (Lipinski definition) is 2. The number of nitrogens with one attached hydrogen (secondary N) is 1. The number of carbonyl (C=O) groups is 1. The normalized spacial score (nSPS) is 14.9. The van der Waals surface area contributed by atoms with Crippen LogP contribution in [0.2, 0.25) is 0 Å². The first-order valence-electron chi connectivity index (χ1n) is 7.06. The highest BCUT2D eigenvalue weighted by atomic mass is 16.2. The number of anilines is 1. The maximum atomic E-state index is 12.3. The van der Waals surface area contributed by atoms with Gasteiger partial charge in [-0.3, -0.25) is 0 Å². The van der Waals surface area contributed by atoms with Gasteiger partial charge in [-0.25, -0.2) is 4.79 Å². The third-order valence-corrected chi connectivity index (χ3v) is 3.36. The fourth-order valence-electron chi connectivity index (χ4n) is 2.30. The Labute approximate surface area is 119 Å². The molecule has 0 aromatic heterocycles. The number of benzene rings is 1. The molecule has 0 radical (unpaired) electrons. The van der Waals surface area contributed by atoms with Crippen molar-refractivity contribution in [3.8, 4) is 11.8 Å². The molecule has 20 heavy (non-hydrogen) atoms. The smallest absolute Gasteiger partial charge is 0.321 e. The molecule has 1 aromatic carbocycles. The Bertz CT molecular complexity index is 509. The molecule has 0 aliphatic carbocycles. The van der Waals surface area contributed by atoms with Crippen LogP contribution in [-0.2, 0) is 0 Å². The molecule has 2 rings (SSSR count). The van der Waals surface area contributed by atoms with Gasteiger partial charge >= 0.3 is 6.03 Å². The number of carbonyl (C=O) groups excluding carboxylic acids is 1. The molecule has 1 heterocycles. The second-order valence-electron chi connectivity index (χ2n) is 4.84. The first-order chi connectivity index (χ1) is 9.81. The van der Waals surface area contributed by atoms with Crippen molar-refractivity contribution in [2.45, 2.75) is 25.7 Å². The minimum absolute atomic E-state index is 0.0647. The second kappa shape index (κ2) is 7.56. The van der Waals surface area contributed by atoms with E-state index < -0.39 is 0 Å². The van der Waals surface area contributed by atoms with Gasteiger partial charge in [0, 0.05) is 18.7 Å². The lowest BCUT2D eigenvalue weighted by molar-refractivity contribution is 0.214. The first kappa shape index (κ1) is 14.4. The summed E-state index contributed by atoms with van der Waals surface area (Å²) in [5, 5.41) is 11.7. The molecule has 0 atom stereocenters. The number of aliphatic hydroxyl groups excluding tert-OH is 1. The topological polar surface area (TPSA) is 52.6 Å². The first-order valence-corrected chi connectivity index (χ1v) is 7.06. The minimum Gasteiger partial charge on any atom is -0.384 e. The Kier molecular flexibility index (Phi) is 5.45. The van der Waals surface area contributed by atoms with E-state index in [1.165, 1.54) is 12.8 Å². The third-order valence-electron chi connectivity index (χ3n) is 3.36.